The zero-order valence-corrected chi connectivity index (χ0v) is 11.2. The first-order valence-electron chi connectivity index (χ1n) is 7.03. The molecule has 1 aliphatic rings. The van der Waals surface area contributed by atoms with Gasteiger partial charge in [-0.15, -0.1) is 0 Å². The Labute approximate surface area is 105 Å². The number of imidazole rings is 1. The average molecular weight is 235 g/mol. The first kappa shape index (κ1) is 12.6. The van der Waals surface area contributed by atoms with Crippen molar-refractivity contribution in [3.63, 3.8) is 0 Å². The first-order chi connectivity index (χ1) is 8.33. The smallest absolute Gasteiger partial charge is 0.113 e. The van der Waals surface area contributed by atoms with Gasteiger partial charge in [0.1, 0.15) is 5.82 Å². The number of aromatic nitrogens is 2. The summed E-state index contributed by atoms with van der Waals surface area (Å²) in [4.78, 5) is 4.56. The Hall–Kier alpha value is -0.830. The van der Waals surface area contributed by atoms with Crippen LogP contribution in [-0.4, -0.2) is 22.1 Å². The minimum absolute atomic E-state index is 0.601. The highest BCUT2D eigenvalue weighted by molar-refractivity contribution is 5.05. The molecule has 0 amide bonds. The maximum absolute atomic E-state index is 4.56. The van der Waals surface area contributed by atoms with Crippen LogP contribution in [0.1, 0.15) is 57.2 Å². The van der Waals surface area contributed by atoms with Crippen LogP contribution in [0.3, 0.4) is 0 Å². The Morgan fingerprint density at radius 1 is 1.35 bits per heavy atom. The fourth-order valence-corrected chi connectivity index (χ4v) is 2.93. The molecule has 3 heteroatoms. The van der Waals surface area contributed by atoms with E-state index < -0.39 is 0 Å². The van der Waals surface area contributed by atoms with E-state index in [-0.39, 0.29) is 0 Å². The molecule has 0 bridgehead atoms. The van der Waals surface area contributed by atoms with Gasteiger partial charge < -0.3 is 9.88 Å². The molecule has 1 fully saturated rings. The number of hydrogen-bond acceptors (Lipinski definition) is 2. The number of nitrogens with one attached hydrogen (secondary N) is 1. The molecular formula is C14H25N3. The number of aryl methyl sites for hydroxylation is 1. The monoisotopic (exact) mass is 235 g/mol. The van der Waals surface area contributed by atoms with Gasteiger partial charge in [-0.25, -0.2) is 4.98 Å². The SMILES string of the molecule is CCCNC1CCCCCC1c1nccn1C. The second kappa shape index (κ2) is 6.20. The van der Waals surface area contributed by atoms with Crippen molar-refractivity contribution in [1.29, 1.82) is 0 Å². The van der Waals surface area contributed by atoms with Gasteiger partial charge in [-0.05, 0) is 25.8 Å². The maximum atomic E-state index is 4.56. The van der Waals surface area contributed by atoms with E-state index in [1.165, 1.54) is 44.3 Å². The van der Waals surface area contributed by atoms with E-state index >= 15 is 0 Å². The average Bonchev–Trinajstić information content (AvgIpc) is 2.63. The van der Waals surface area contributed by atoms with Crippen molar-refractivity contribution in [3.8, 4) is 0 Å². The summed E-state index contributed by atoms with van der Waals surface area (Å²) in [7, 11) is 2.12. The lowest BCUT2D eigenvalue weighted by molar-refractivity contribution is 0.393. The standard InChI is InChI=1S/C14H25N3/c1-3-9-15-13-8-6-4-5-7-12(13)14-16-10-11-17(14)2/h10-13,15H,3-9H2,1-2H3. The first-order valence-corrected chi connectivity index (χ1v) is 7.03. The summed E-state index contributed by atoms with van der Waals surface area (Å²) in [6.45, 7) is 3.37. The third-order valence-electron chi connectivity index (χ3n) is 3.86. The lowest BCUT2D eigenvalue weighted by Gasteiger charge is -2.25. The van der Waals surface area contributed by atoms with Gasteiger partial charge in [0.2, 0.25) is 0 Å². The van der Waals surface area contributed by atoms with Gasteiger partial charge in [0.25, 0.3) is 0 Å². The van der Waals surface area contributed by atoms with Crippen LogP contribution in [0.4, 0.5) is 0 Å². The largest absolute Gasteiger partial charge is 0.338 e. The number of rotatable bonds is 4. The molecule has 0 aromatic carbocycles. The van der Waals surface area contributed by atoms with Gasteiger partial charge in [-0.1, -0.05) is 26.2 Å². The topological polar surface area (TPSA) is 29.9 Å². The molecule has 1 aliphatic carbocycles. The van der Waals surface area contributed by atoms with Crippen molar-refractivity contribution >= 4 is 0 Å². The van der Waals surface area contributed by atoms with Crippen molar-refractivity contribution in [1.82, 2.24) is 14.9 Å². The van der Waals surface area contributed by atoms with E-state index in [4.69, 9.17) is 0 Å². The third kappa shape index (κ3) is 3.09. The Morgan fingerprint density at radius 2 is 2.18 bits per heavy atom. The Kier molecular flexibility index (Phi) is 4.60. The van der Waals surface area contributed by atoms with Gasteiger partial charge in [0.05, 0.1) is 0 Å². The molecule has 3 nitrogen and oxygen atoms in total. The lowest BCUT2D eigenvalue weighted by Crippen LogP contribution is -2.35. The molecule has 96 valence electrons. The van der Waals surface area contributed by atoms with Gasteiger partial charge in [0, 0.05) is 31.4 Å². The van der Waals surface area contributed by atoms with Crippen LogP contribution in [0.2, 0.25) is 0 Å². The predicted octanol–water partition coefficient (Wildman–Crippen LogP) is 2.84. The summed E-state index contributed by atoms with van der Waals surface area (Å²) in [5, 5.41) is 3.72. The Bertz CT molecular complexity index is 332. The molecule has 0 radical (unpaired) electrons. The summed E-state index contributed by atoms with van der Waals surface area (Å²) in [5.41, 5.74) is 0. The normalized spacial score (nSPS) is 25.8. The molecule has 1 saturated carbocycles. The van der Waals surface area contributed by atoms with Crippen molar-refractivity contribution in [2.45, 2.75) is 57.4 Å². The highest BCUT2D eigenvalue weighted by Gasteiger charge is 2.27. The van der Waals surface area contributed by atoms with Gasteiger partial charge in [0.15, 0.2) is 0 Å². The summed E-state index contributed by atoms with van der Waals surface area (Å²) in [5.74, 6) is 1.87. The van der Waals surface area contributed by atoms with Crippen LogP contribution in [0, 0.1) is 0 Å². The quantitative estimate of drug-likeness (QED) is 0.813. The molecule has 0 spiro atoms. The van der Waals surface area contributed by atoms with Crippen LogP contribution >= 0.6 is 0 Å². The second-order valence-electron chi connectivity index (χ2n) is 5.20. The molecular weight excluding hydrogens is 210 g/mol. The van der Waals surface area contributed by atoms with Crippen molar-refractivity contribution < 1.29 is 0 Å². The zero-order valence-electron chi connectivity index (χ0n) is 11.2. The molecule has 2 atom stereocenters. The molecule has 1 aromatic rings. The lowest BCUT2D eigenvalue weighted by atomic mass is 9.93. The van der Waals surface area contributed by atoms with E-state index in [0.717, 1.165) is 6.54 Å². The summed E-state index contributed by atoms with van der Waals surface area (Å²) >= 11 is 0. The summed E-state index contributed by atoms with van der Waals surface area (Å²) in [6, 6.07) is 0.624. The van der Waals surface area contributed by atoms with E-state index in [0.29, 0.717) is 12.0 Å². The molecule has 2 unspecified atom stereocenters. The van der Waals surface area contributed by atoms with Crippen LogP contribution in [0.25, 0.3) is 0 Å². The molecule has 1 aromatic heterocycles. The minimum atomic E-state index is 0.601. The highest BCUT2D eigenvalue weighted by atomic mass is 15.1. The molecule has 0 saturated heterocycles. The Morgan fingerprint density at radius 3 is 2.88 bits per heavy atom. The van der Waals surface area contributed by atoms with E-state index in [9.17, 15) is 0 Å². The van der Waals surface area contributed by atoms with Crippen LogP contribution in [0.15, 0.2) is 12.4 Å². The maximum Gasteiger partial charge on any atom is 0.113 e. The van der Waals surface area contributed by atoms with Crippen molar-refractivity contribution in [3.05, 3.63) is 18.2 Å². The van der Waals surface area contributed by atoms with Crippen LogP contribution < -0.4 is 5.32 Å². The fourth-order valence-electron chi connectivity index (χ4n) is 2.93. The molecule has 1 N–H and O–H groups in total. The molecule has 1 heterocycles. The van der Waals surface area contributed by atoms with Gasteiger partial charge in [-0.3, -0.25) is 0 Å². The molecule has 2 rings (SSSR count). The molecule has 17 heavy (non-hydrogen) atoms. The number of nitrogens with zero attached hydrogens (tertiary/aromatic N) is 2. The van der Waals surface area contributed by atoms with E-state index in [1.807, 2.05) is 6.20 Å². The molecule has 0 aliphatic heterocycles. The van der Waals surface area contributed by atoms with Crippen LogP contribution in [-0.2, 0) is 7.05 Å². The summed E-state index contributed by atoms with van der Waals surface area (Å²) < 4.78 is 2.19. The highest BCUT2D eigenvalue weighted by Crippen LogP contribution is 2.30. The van der Waals surface area contributed by atoms with Crippen molar-refractivity contribution in [2.75, 3.05) is 6.54 Å². The summed E-state index contributed by atoms with van der Waals surface area (Å²) in [6.07, 6.45) is 11.9. The third-order valence-corrected chi connectivity index (χ3v) is 3.86. The van der Waals surface area contributed by atoms with Crippen LogP contribution in [0.5, 0.6) is 0 Å². The van der Waals surface area contributed by atoms with E-state index in [2.05, 4.69) is 35.0 Å². The fraction of sp³-hybridized carbons (Fsp3) is 0.786. The van der Waals surface area contributed by atoms with Gasteiger partial charge in [-0.2, -0.15) is 0 Å². The van der Waals surface area contributed by atoms with E-state index in [1.54, 1.807) is 0 Å². The minimum Gasteiger partial charge on any atom is -0.338 e. The zero-order chi connectivity index (χ0) is 12.1. The van der Waals surface area contributed by atoms with Gasteiger partial charge >= 0.3 is 0 Å². The van der Waals surface area contributed by atoms with Crippen molar-refractivity contribution in [2.24, 2.45) is 7.05 Å². The number of hydrogen-bond donors (Lipinski definition) is 1. The predicted molar refractivity (Wildman–Crippen MR) is 71.1 cm³/mol. The second-order valence-corrected chi connectivity index (χ2v) is 5.20. The Balaban J connectivity index is 2.11.